The topological polar surface area (TPSA) is 70.5 Å². The Bertz CT molecular complexity index is 618. The smallest absolute Gasteiger partial charge is 0.276 e. The molecule has 0 bridgehead atoms. The van der Waals surface area contributed by atoms with E-state index in [-0.39, 0.29) is 17.6 Å². The molecule has 19 heavy (non-hydrogen) atoms. The van der Waals surface area contributed by atoms with Gasteiger partial charge in [0.1, 0.15) is 18.7 Å². The fourth-order valence-electron chi connectivity index (χ4n) is 2.01. The number of aromatic nitrogens is 6. The van der Waals surface area contributed by atoms with E-state index in [9.17, 15) is 4.79 Å². The van der Waals surface area contributed by atoms with Crippen molar-refractivity contribution in [1.29, 1.82) is 0 Å². The van der Waals surface area contributed by atoms with E-state index in [0.29, 0.717) is 12.4 Å². The zero-order valence-corrected chi connectivity index (χ0v) is 12.0. The molecule has 0 saturated heterocycles. The lowest BCUT2D eigenvalue weighted by atomic mass is 10.2. The van der Waals surface area contributed by atoms with E-state index in [1.165, 1.54) is 4.68 Å². The maximum absolute atomic E-state index is 12.3. The van der Waals surface area contributed by atoms with E-state index in [2.05, 4.69) is 15.2 Å². The average Bonchev–Trinajstić information content (AvgIpc) is 2.84. The summed E-state index contributed by atoms with van der Waals surface area (Å²) in [5.74, 6) is 1.59. The zero-order chi connectivity index (χ0) is 14.2. The van der Waals surface area contributed by atoms with E-state index in [1.54, 1.807) is 22.6 Å². The van der Waals surface area contributed by atoms with Crippen molar-refractivity contribution in [3.05, 3.63) is 28.5 Å². The molecule has 0 aliphatic rings. The second-order valence-corrected chi connectivity index (χ2v) is 5.25. The van der Waals surface area contributed by atoms with Gasteiger partial charge >= 0.3 is 5.69 Å². The van der Waals surface area contributed by atoms with Crippen LogP contribution in [-0.2, 0) is 13.6 Å². The van der Waals surface area contributed by atoms with Gasteiger partial charge in [-0.25, -0.2) is 14.5 Å². The SMILES string of the molecule is CC(C)c1nn(Cc2ncn(C)n2)c(=O)n1C(C)C. The second-order valence-electron chi connectivity index (χ2n) is 5.25. The van der Waals surface area contributed by atoms with E-state index < -0.39 is 0 Å². The van der Waals surface area contributed by atoms with Gasteiger partial charge in [-0.2, -0.15) is 10.2 Å². The van der Waals surface area contributed by atoms with Crippen LogP contribution in [0.5, 0.6) is 0 Å². The van der Waals surface area contributed by atoms with Crippen molar-refractivity contribution in [2.24, 2.45) is 7.05 Å². The minimum atomic E-state index is -0.105. The van der Waals surface area contributed by atoms with Crippen LogP contribution >= 0.6 is 0 Å². The minimum absolute atomic E-state index is 0.0929. The summed E-state index contributed by atoms with van der Waals surface area (Å²) in [6, 6.07) is 0.0929. The lowest BCUT2D eigenvalue weighted by Gasteiger charge is -2.10. The molecular weight excluding hydrogens is 244 g/mol. The first-order valence-electron chi connectivity index (χ1n) is 6.44. The molecule has 104 valence electrons. The molecule has 0 radical (unpaired) electrons. The number of aryl methyl sites for hydroxylation is 1. The Labute approximate surface area is 111 Å². The Morgan fingerprint density at radius 2 is 1.89 bits per heavy atom. The van der Waals surface area contributed by atoms with Crippen LogP contribution in [0.15, 0.2) is 11.1 Å². The summed E-state index contributed by atoms with van der Waals surface area (Å²) in [5, 5.41) is 8.59. The summed E-state index contributed by atoms with van der Waals surface area (Å²) < 4.78 is 4.78. The van der Waals surface area contributed by atoms with Crippen molar-refractivity contribution in [1.82, 2.24) is 29.1 Å². The highest BCUT2D eigenvalue weighted by Gasteiger charge is 2.18. The molecule has 2 rings (SSSR count). The molecule has 0 fully saturated rings. The molecule has 0 aliphatic heterocycles. The van der Waals surface area contributed by atoms with Crippen molar-refractivity contribution >= 4 is 0 Å². The molecule has 2 aromatic heterocycles. The average molecular weight is 264 g/mol. The van der Waals surface area contributed by atoms with Crippen LogP contribution in [0.25, 0.3) is 0 Å². The predicted octanol–water partition coefficient (Wildman–Crippen LogP) is 0.926. The fourth-order valence-corrected chi connectivity index (χ4v) is 2.01. The third-order valence-electron chi connectivity index (χ3n) is 2.87. The number of rotatable bonds is 4. The quantitative estimate of drug-likeness (QED) is 0.823. The van der Waals surface area contributed by atoms with Gasteiger partial charge in [-0.3, -0.25) is 9.25 Å². The first-order valence-corrected chi connectivity index (χ1v) is 6.44. The molecule has 0 amide bonds. The summed E-state index contributed by atoms with van der Waals surface area (Å²) in [7, 11) is 1.80. The number of hydrogen-bond acceptors (Lipinski definition) is 4. The van der Waals surface area contributed by atoms with Crippen molar-refractivity contribution in [2.45, 2.75) is 46.2 Å². The monoisotopic (exact) mass is 264 g/mol. The Hall–Kier alpha value is -1.92. The number of nitrogens with zero attached hydrogens (tertiary/aromatic N) is 6. The Kier molecular flexibility index (Phi) is 3.55. The summed E-state index contributed by atoms with van der Waals surface area (Å²) in [6.07, 6.45) is 1.61. The summed E-state index contributed by atoms with van der Waals surface area (Å²) in [4.78, 5) is 16.5. The molecule has 0 aromatic carbocycles. The molecule has 0 unspecified atom stereocenters. The lowest BCUT2D eigenvalue weighted by molar-refractivity contribution is 0.529. The van der Waals surface area contributed by atoms with E-state index >= 15 is 0 Å². The molecular formula is C12H20N6O. The van der Waals surface area contributed by atoms with Crippen LogP contribution in [-0.4, -0.2) is 29.1 Å². The van der Waals surface area contributed by atoms with Crippen molar-refractivity contribution in [3.8, 4) is 0 Å². The maximum Gasteiger partial charge on any atom is 0.346 e. The van der Waals surface area contributed by atoms with Gasteiger partial charge in [0, 0.05) is 19.0 Å². The van der Waals surface area contributed by atoms with Crippen molar-refractivity contribution < 1.29 is 0 Å². The van der Waals surface area contributed by atoms with Gasteiger partial charge in [0.15, 0.2) is 5.82 Å². The first-order chi connectivity index (χ1) is 8.90. The zero-order valence-electron chi connectivity index (χ0n) is 12.0. The van der Waals surface area contributed by atoms with Crippen LogP contribution < -0.4 is 5.69 Å². The van der Waals surface area contributed by atoms with E-state index in [0.717, 1.165) is 5.82 Å². The lowest BCUT2D eigenvalue weighted by Crippen LogP contribution is -2.27. The molecule has 7 heteroatoms. The van der Waals surface area contributed by atoms with Crippen LogP contribution in [0.3, 0.4) is 0 Å². The Morgan fingerprint density at radius 3 is 2.32 bits per heavy atom. The van der Waals surface area contributed by atoms with Crippen molar-refractivity contribution in [2.75, 3.05) is 0 Å². The van der Waals surface area contributed by atoms with Gasteiger partial charge in [0.25, 0.3) is 0 Å². The molecule has 2 aromatic rings. The normalized spacial score (nSPS) is 11.7. The van der Waals surface area contributed by atoms with Gasteiger partial charge in [-0.15, -0.1) is 0 Å². The fraction of sp³-hybridized carbons (Fsp3) is 0.667. The first kappa shape index (κ1) is 13.5. The van der Waals surface area contributed by atoms with Crippen LogP contribution in [0.1, 0.15) is 51.3 Å². The molecule has 0 aliphatic carbocycles. The molecule has 0 saturated carbocycles. The Balaban J connectivity index is 2.42. The molecule has 0 atom stereocenters. The van der Waals surface area contributed by atoms with Gasteiger partial charge in [-0.05, 0) is 13.8 Å². The highest BCUT2D eigenvalue weighted by atomic mass is 16.2. The molecule has 0 N–H and O–H groups in total. The standard InChI is InChI=1S/C12H20N6O/c1-8(2)11-15-17(12(19)18(11)9(3)4)6-10-13-7-16(5)14-10/h7-9H,6H2,1-5H3. The minimum Gasteiger partial charge on any atom is -0.276 e. The van der Waals surface area contributed by atoms with Crippen LogP contribution in [0, 0.1) is 0 Å². The van der Waals surface area contributed by atoms with Gasteiger partial charge in [0.2, 0.25) is 0 Å². The van der Waals surface area contributed by atoms with Gasteiger partial charge < -0.3 is 0 Å². The maximum atomic E-state index is 12.3. The van der Waals surface area contributed by atoms with Gasteiger partial charge in [0.05, 0.1) is 0 Å². The highest BCUT2D eigenvalue weighted by Crippen LogP contribution is 2.14. The predicted molar refractivity (Wildman–Crippen MR) is 71.1 cm³/mol. The third kappa shape index (κ3) is 2.59. The molecule has 7 nitrogen and oxygen atoms in total. The second kappa shape index (κ2) is 4.99. The van der Waals surface area contributed by atoms with Crippen LogP contribution in [0.4, 0.5) is 0 Å². The summed E-state index contributed by atoms with van der Waals surface area (Å²) in [5.41, 5.74) is -0.105. The van der Waals surface area contributed by atoms with E-state index in [1.807, 2.05) is 27.7 Å². The number of hydrogen-bond donors (Lipinski definition) is 0. The summed E-state index contributed by atoms with van der Waals surface area (Å²) in [6.45, 7) is 8.34. The Morgan fingerprint density at radius 1 is 1.21 bits per heavy atom. The van der Waals surface area contributed by atoms with Crippen molar-refractivity contribution in [3.63, 3.8) is 0 Å². The highest BCUT2D eigenvalue weighted by molar-refractivity contribution is 4.97. The van der Waals surface area contributed by atoms with Crippen LogP contribution in [0.2, 0.25) is 0 Å². The van der Waals surface area contributed by atoms with E-state index in [4.69, 9.17) is 0 Å². The summed E-state index contributed by atoms with van der Waals surface area (Å²) >= 11 is 0. The molecule has 0 spiro atoms. The van der Waals surface area contributed by atoms with Gasteiger partial charge in [-0.1, -0.05) is 13.8 Å². The molecule has 2 heterocycles. The third-order valence-corrected chi connectivity index (χ3v) is 2.87. The largest absolute Gasteiger partial charge is 0.346 e.